The number of aliphatic hydroxyl groups excluding tert-OH is 1. The minimum absolute atomic E-state index is 0.421. The fourth-order valence-corrected chi connectivity index (χ4v) is 0.753. The summed E-state index contributed by atoms with van der Waals surface area (Å²) < 4.78 is 36.0. The summed E-state index contributed by atoms with van der Waals surface area (Å²) in [4.78, 5) is 3.02. The van der Waals surface area contributed by atoms with Gasteiger partial charge in [0.1, 0.15) is 5.69 Å². The summed E-state index contributed by atoms with van der Waals surface area (Å²) in [6.07, 6.45) is -6.55. The molecule has 1 aromatic heterocycles. The monoisotopic (exact) mass is 193 g/mol. The third-order valence-electron chi connectivity index (χ3n) is 1.33. The van der Waals surface area contributed by atoms with Gasteiger partial charge in [-0.3, -0.25) is 0 Å². The van der Waals surface area contributed by atoms with Crippen LogP contribution in [0, 0.1) is 0 Å². The van der Waals surface area contributed by atoms with Crippen molar-refractivity contribution < 1.29 is 23.4 Å². The van der Waals surface area contributed by atoms with Crippen LogP contribution in [0.1, 0.15) is 17.7 Å². The summed E-state index contributed by atoms with van der Waals surface area (Å²) in [6, 6.07) is 2.91. The summed E-state index contributed by atoms with van der Waals surface area (Å²) in [6.45, 7) is 0. The van der Waals surface area contributed by atoms with Crippen LogP contribution in [-0.4, -0.2) is 15.2 Å². The third-order valence-corrected chi connectivity index (χ3v) is 1.33. The summed E-state index contributed by atoms with van der Waals surface area (Å²) in [5.74, 6) is 0. The quantitative estimate of drug-likeness (QED) is 0.656. The summed E-state index contributed by atoms with van der Waals surface area (Å²) >= 11 is 0. The van der Waals surface area contributed by atoms with Gasteiger partial charge >= 0.3 is 6.18 Å². The van der Waals surface area contributed by atoms with E-state index in [9.17, 15) is 13.2 Å². The van der Waals surface area contributed by atoms with Gasteiger partial charge in [0.2, 0.25) is 0 Å². The van der Waals surface area contributed by atoms with Crippen molar-refractivity contribution in [2.45, 2.75) is 12.5 Å². The molecule has 6 heteroatoms. The van der Waals surface area contributed by atoms with Crippen LogP contribution in [0.3, 0.4) is 0 Å². The lowest BCUT2D eigenvalue weighted by Crippen LogP contribution is -2.10. The molecule has 0 saturated carbocycles. The Morgan fingerprint density at radius 3 is 2.31 bits per heavy atom. The number of alkyl halides is 3. The molecular weight excluding hydrogens is 187 g/mol. The number of hydrogen-bond acceptors (Lipinski definition) is 3. The Morgan fingerprint density at radius 2 is 1.85 bits per heavy atom. The van der Waals surface area contributed by atoms with Crippen molar-refractivity contribution in [2.24, 2.45) is 0 Å². The number of halogens is 3. The first-order valence-corrected chi connectivity index (χ1v) is 3.31. The van der Waals surface area contributed by atoms with Crippen molar-refractivity contribution in [3.05, 3.63) is 29.6 Å². The van der Waals surface area contributed by atoms with Crippen LogP contribution in [0.25, 0.3) is 0 Å². The first-order chi connectivity index (χ1) is 5.91. The maximum Gasteiger partial charge on any atom is 0.433 e. The second kappa shape index (κ2) is 3.31. The SMILES string of the molecule is OC(O)c1cccc(C(F)(F)F)n1. The van der Waals surface area contributed by atoms with E-state index in [1.807, 2.05) is 0 Å². The molecule has 0 aromatic carbocycles. The Labute approximate surface area is 71.5 Å². The molecule has 0 unspecified atom stereocenters. The summed E-state index contributed by atoms with van der Waals surface area (Å²) in [7, 11) is 0. The maximum absolute atomic E-state index is 12.0. The third kappa shape index (κ3) is 2.40. The van der Waals surface area contributed by atoms with Gasteiger partial charge in [-0.1, -0.05) is 6.07 Å². The average Bonchev–Trinajstić information content (AvgIpc) is 2.03. The highest BCUT2D eigenvalue weighted by Crippen LogP contribution is 2.27. The normalized spacial score (nSPS) is 12.2. The molecule has 0 aliphatic heterocycles. The number of nitrogens with zero attached hydrogens (tertiary/aromatic N) is 1. The van der Waals surface area contributed by atoms with Crippen LogP contribution in [0.4, 0.5) is 13.2 Å². The fourth-order valence-electron chi connectivity index (χ4n) is 0.753. The van der Waals surface area contributed by atoms with Crippen molar-refractivity contribution in [1.29, 1.82) is 0 Å². The predicted octanol–water partition coefficient (Wildman–Crippen LogP) is 1.08. The zero-order valence-electron chi connectivity index (χ0n) is 6.28. The molecular formula is C7H6F3NO2. The molecule has 0 bridgehead atoms. The first-order valence-electron chi connectivity index (χ1n) is 3.31. The Bertz CT molecular complexity index is 298. The van der Waals surface area contributed by atoms with E-state index in [1.54, 1.807) is 0 Å². The van der Waals surface area contributed by atoms with Crippen LogP contribution in [0.2, 0.25) is 0 Å². The van der Waals surface area contributed by atoms with E-state index in [0.29, 0.717) is 0 Å². The van der Waals surface area contributed by atoms with Gasteiger partial charge in [-0.15, -0.1) is 0 Å². The first kappa shape index (κ1) is 9.94. The number of rotatable bonds is 1. The molecule has 0 amide bonds. The molecule has 0 radical (unpaired) electrons. The lowest BCUT2D eigenvalue weighted by molar-refractivity contribution is -0.141. The largest absolute Gasteiger partial charge is 0.433 e. The van der Waals surface area contributed by atoms with E-state index in [2.05, 4.69) is 4.98 Å². The Morgan fingerprint density at radius 1 is 1.23 bits per heavy atom. The minimum Gasteiger partial charge on any atom is -0.363 e. The van der Waals surface area contributed by atoms with Crippen LogP contribution in [0.5, 0.6) is 0 Å². The molecule has 0 aliphatic carbocycles. The number of hydrogen-bond donors (Lipinski definition) is 2. The smallest absolute Gasteiger partial charge is 0.363 e. The molecule has 0 atom stereocenters. The average molecular weight is 193 g/mol. The molecule has 2 N–H and O–H groups in total. The van der Waals surface area contributed by atoms with E-state index >= 15 is 0 Å². The van der Waals surface area contributed by atoms with Crippen molar-refractivity contribution in [1.82, 2.24) is 4.98 Å². The van der Waals surface area contributed by atoms with Crippen molar-refractivity contribution in [2.75, 3.05) is 0 Å². The van der Waals surface area contributed by atoms with Gasteiger partial charge < -0.3 is 10.2 Å². The van der Waals surface area contributed by atoms with Crippen LogP contribution in [0.15, 0.2) is 18.2 Å². The van der Waals surface area contributed by atoms with Crippen molar-refractivity contribution >= 4 is 0 Å². The molecule has 1 rings (SSSR count). The maximum atomic E-state index is 12.0. The fraction of sp³-hybridized carbons (Fsp3) is 0.286. The van der Waals surface area contributed by atoms with Crippen LogP contribution < -0.4 is 0 Å². The molecule has 1 heterocycles. The predicted molar refractivity (Wildman–Crippen MR) is 36.4 cm³/mol. The van der Waals surface area contributed by atoms with Gasteiger partial charge in [0.15, 0.2) is 6.29 Å². The summed E-state index contributed by atoms with van der Waals surface area (Å²) in [5, 5.41) is 17.1. The molecule has 3 nitrogen and oxygen atoms in total. The van der Waals surface area contributed by atoms with Gasteiger partial charge in [0.25, 0.3) is 0 Å². The number of aliphatic hydroxyl groups is 2. The van der Waals surface area contributed by atoms with E-state index < -0.39 is 23.9 Å². The lowest BCUT2D eigenvalue weighted by Gasteiger charge is -2.08. The lowest BCUT2D eigenvalue weighted by atomic mass is 10.3. The van der Waals surface area contributed by atoms with Gasteiger partial charge in [0, 0.05) is 0 Å². The standard InChI is InChI=1S/C7H6F3NO2/c8-7(9,10)5-3-1-2-4(11-5)6(12)13/h1-3,6,12-13H. The van der Waals surface area contributed by atoms with E-state index in [0.717, 1.165) is 18.2 Å². The van der Waals surface area contributed by atoms with Gasteiger partial charge in [-0.2, -0.15) is 13.2 Å². The zero-order chi connectivity index (χ0) is 10.1. The van der Waals surface area contributed by atoms with Gasteiger partial charge in [-0.25, -0.2) is 4.98 Å². The van der Waals surface area contributed by atoms with Gasteiger partial charge in [0.05, 0.1) is 5.69 Å². The zero-order valence-corrected chi connectivity index (χ0v) is 6.28. The molecule has 0 saturated heterocycles. The Kier molecular flexibility index (Phi) is 2.53. The molecule has 0 fully saturated rings. The Hall–Kier alpha value is -1.14. The second-order valence-corrected chi connectivity index (χ2v) is 2.32. The Balaban J connectivity index is 3.06. The van der Waals surface area contributed by atoms with E-state index in [-0.39, 0.29) is 0 Å². The highest BCUT2D eigenvalue weighted by atomic mass is 19.4. The van der Waals surface area contributed by atoms with Crippen molar-refractivity contribution in [3.63, 3.8) is 0 Å². The molecule has 0 spiro atoms. The highest BCUT2D eigenvalue weighted by molar-refractivity contribution is 5.14. The molecule has 13 heavy (non-hydrogen) atoms. The molecule has 1 aromatic rings. The highest BCUT2D eigenvalue weighted by Gasteiger charge is 2.32. The van der Waals surface area contributed by atoms with E-state index in [1.165, 1.54) is 0 Å². The summed E-state index contributed by atoms with van der Waals surface area (Å²) in [5.41, 5.74) is -1.56. The van der Waals surface area contributed by atoms with Crippen molar-refractivity contribution in [3.8, 4) is 0 Å². The van der Waals surface area contributed by atoms with Gasteiger partial charge in [-0.05, 0) is 12.1 Å². The minimum atomic E-state index is -4.56. The van der Waals surface area contributed by atoms with Crippen LogP contribution >= 0.6 is 0 Å². The topological polar surface area (TPSA) is 53.4 Å². The number of pyridine rings is 1. The molecule has 0 aliphatic rings. The van der Waals surface area contributed by atoms with Crippen LogP contribution in [-0.2, 0) is 6.18 Å². The van der Waals surface area contributed by atoms with E-state index in [4.69, 9.17) is 10.2 Å². The second-order valence-electron chi connectivity index (χ2n) is 2.32. The number of aromatic nitrogens is 1. The molecule has 72 valence electrons.